The molecule has 1 aromatic heterocycles. The van der Waals surface area contributed by atoms with Gasteiger partial charge < -0.3 is 20.8 Å². The lowest BCUT2D eigenvalue weighted by Crippen LogP contribution is -2.24. The molecule has 2 heterocycles. The molecule has 1 aliphatic rings. The minimum Gasteiger partial charge on any atom is -0.381 e. The molecule has 1 saturated heterocycles. The second-order valence-corrected chi connectivity index (χ2v) is 6.45. The largest absolute Gasteiger partial charge is 0.381 e. The summed E-state index contributed by atoms with van der Waals surface area (Å²) < 4.78 is 21.5. The zero-order chi connectivity index (χ0) is 18.3. The molecule has 1 fully saturated rings. The zero-order valence-electron chi connectivity index (χ0n) is 14.1. The van der Waals surface area contributed by atoms with E-state index < -0.39 is 5.91 Å². The Bertz CT molecular complexity index is 1030. The van der Waals surface area contributed by atoms with Crippen molar-refractivity contribution in [3.05, 3.63) is 47.8 Å². The summed E-state index contributed by atoms with van der Waals surface area (Å²) in [4.78, 5) is 15.8. The van der Waals surface area contributed by atoms with E-state index in [1.54, 1.807) is 24.3 Å². The van der Waals surface area contributed by atoms with Crippen molar-refractivity contribution in [2.24, 2.45) is 16.5 Å². The molecule has 26 heavy (non-hydrogen) atoms. The Morgan fingerprint density at radius 3 is 2.42 bits per heavy atom. The number of nitrogens with two attached hydrogens (primary N) is 2. The van der Waals surface area contributed by atoms with Crippen LogP contribution in [-0.4, -0.2) is 29.6 Å². The summed E-state index contributed by atoms with van der Waals surface area (Å²) in [5.41, 5.74) is 12.7. The van der Waals surface area contributed by atoms with Crippen molar-refractivity contribution in [3.8, 4) is 0 Å². The lowest BCUT2D eigenvalue weighted by molar-refractivity contribution is 0.0717. The standard InChI is InChI=1S/C19H19FN4O2/c20-12-2-4-15-14-3-1-11(18(25)23-19(21)22)9-16(14)24(17(15)10-12)13-5-7-26-8-6-13/h1-4,9-10,13H,5-8H2,(H4,21,22,23,25). The highest BCUT2D eigenvalue weighted by atomic mass is 19.1. The lowest BCUT2D eigenvalue weighted by Gasteiger charge is -2.25. The summed E-state index contributed by atoms with van der Waals surface area (Å²) in [5, 5.41) is 1.92. The first-order chi connectivity index (χ1) is 12.5. The van der Waals surface area contributed by atoms with Gasteiger partial charge in [-0.3, -0.25) is 4.79 Å². The predicted molar refractivity (Wildman–Crippen MR) is 98.6 cm³/mol. The monoisotopic (exact) mass is 354 g/mol. The lowest BCUT2D eigenvalue weighted by atomic mass is 10.1. The van der Waals surface area contributed by atoms with E-state index in [0.717, 1.165) is 34.6 Å². The van der Waals surface area contributed by atoms with E-state index >= 15 is 0 Å². The van der Waals surface area contributed by atoms with Crippen molar-refractivity contribution >= 4 is 33.7 Å². The Labute approximate surface area is 149 Å². The van der Waals surface area contributed by atoms with Crippen molar-refractivity contribution in [1.29, 1.82) is 0 Å². The fraction of sp³-hybridized carbons (Fsp3) is 0.263. The third-order valence-electron chi connectivity index (χ3n) is 4.80. The van der Waals surface area contributed by atoms with Gasteiger partial charge in [0.15, 0.2) is 5.96 Å². The number of amides is 1. The Balaban J connectivity index is 1.97. The highest BCUT2D eigenvalue weighted by Gasteiger charge is 2.22. The summed E-state index contributed by atoms with van der Waals surface area (Å²) in [6, 6.07) is 10.3. The van der Waals surface area contributed by atoms with Crippen molar-refractivity contribution in [2.75, 3.05) is 13.2 Å². The number of aliphatic imine (C=N–C) groups is 1. The van der Waals surface area contributed by atoms with Gasteiger partial charge in [0.25, 0.3) is 5.91 Å². The first kappa shape index (κ1) is 16.5. The molecule has 0 spiro atoms. The smallest absolute Gasteiger partial charge is 0.280 e. The summed E-state index contributed by atoms with van der Waals surface area (Å²) in [5.74, 6) is -1.06. The number of ether oxygens (including phenoxy) is 1. The highest BCUT2D eigenvalue weighted by molar-refractivity contribution is 6.11. The summed E-state index contributed by atoms with van der Waals surface area (Å²) in [6.45, 7) is 1.32. The van der Waals surface area contributed by atoms with E-state index in [1.165, 1.54) is 6.07 Å². The molecule has 3 aromatic rings. The Morgan fingerprint density at radius 1 is 1.08 bits per heavy atom. The van der Waals surface area contributed by atoms with E-state index in [1.807, 2.05) is 6.07 Å². The van der Waals surface area contributed by atoms with Gasteiger partial charge in [-0.25, -0.2) is 4.39 Å². The van der Waals surface area contributed by atoms with E-state index in [4.69, 9.17) is 16.2 Å². The predicted octanol–water partition coefficient (Wildman–Crippen LogP) is 2.70. The summed E-state index contributed by atoms with van der Waals surface area (Å²) >= 11 is 0. The van der Waals surface area contributed by atoms with Crippen LogP contribution in [-0.2, 0) is 4.74 Å². The van der Waals surface area contributed by atoms with Gasteiger partial charge >= 0.3 is 0 Å². The van der Waals surface area contributed by atoms with Crippen LogP contribution in [0.3, 0.4) is 0 Å². The molecule has 0 unspecified atom stereocenters. The van der Waals surface area contributed by atoms with Gasteiger partial charge in [-0.1, -0.05) is 6.07 Å². The highest BCUT2D eigenvalue weighted by Crippen LogP contribution is 2.36. The molecule has 134 valence electrons. The van der Waals surface area contributed by atoms with Crippen LogP contribution in [0.4, 0.5) is 4.39 Å². The first-order valence-electron chi connectivity index (χ1n) is 8.49. The molecule has 0 bridgehead atoms. The van der Waals surface area contributed by atoms with E-state index in [2.05, 4.69) is 9.56 Å². The average molecular weight is 354 g/mol. The fourth-order valence-corrected chi connectivity index (χ4v) is 3.67. The first-order valence-corrected chi connectivity index (χ1v) is 8.49. The third kappa shape index (κ3) is 2.80. The van der Waals surface area contributed by atoms with E-state index in [-0.39, 0.29) is 17.8 Å². The molecule has 1 amide bonds. The van der Waals surface area contributed by atoms with Crippen LogP contribution in [0.15, 0.2) is 41.4 Å². The van der Waals surface area contributed by atoms with Crippen LogP contribution in [0.5, 0.6) is 0 Å². The summed E-state index contributed by atoms with van der Waals surface area (Å²) in [7, 11) is 0. The topological polar surface area (TPSA) is 95.6 Å². The van der Waals surface area contributed by atoms with Gasteiger partial charge in [-0.15, -0.1) is 0 Å². The number of carbonyl (C=O) groups excluding carboxylic acids is 1. The minimum atomic E-state index is -0.498. The molecule has 0 atom stereocenters. The van der Waals surface area contributed by atoms with Crippen LogP contribution in [0, 0.1) is 5.82 Å². The Morgan fingerprint density at radius 2 is 1.73 bits per heavy atom. The number of halogens is 1. The number of hydrogen-bond donors (Lipinski definition) is 2. The SMILES string of the molecule is NC(N)=NC(=O)c1ccc2c3ccc(F)cc3n(C3CCOCC3)c2c1. The van der Waals surface area contributed by atoms with Crippen LogP contribution in [0.25, 0.3) is 21.8 Å². The number of guanidine groups is 1. The average Bonchev–Trinajstić information content (AvgIpc) is 2.94. The van der Waals surface area contributed by atoms with Gasteiger partial charge in [0.2, 0.25) is 0 Å². The maximum atomic E-state index is 13.9. The zero-order valence-corrected chi connectivity index (χ0v) is 14.1. The van der Waals surface area contributed by atoms with Gasteiger partial charge in [0.1, 0.15) is 5.82 Å². The number of aromatic nitrogens is 1. The molecule has 1 aliphatic heterocycles. The molecular weight excluding hydrogens is 335 g/mol. The number of nitrogens with zero attached hydrogens (tertiary/aromatic N) is 2. The molecular formula is C19H19FN4O2. The van der Waals surface area contributed by atoms with Crippen LogP contribution in [0.2, 0.25) is 0 Å². The second-order valence-electron chi connectivity index (χ2n) is 6.45. The molecule has 0 aliphatic carbocycles. The molecule has 0 saturated carbocycles. The van der Waals surface area contributed by atoms with Crippen molar-refractivity contribution in [2.45, 2.75) is 18.9 Å². The maximum Gasteiger partial charge on any atom is 0.280 e. The summed E-state index contributed by atoms with van der Waals surface area (Å²) in [6.07, 6.45) is 1.67. The number of fused-ring (bicyclic) bond motifs is 3. The van der Waals surface area contributed by atoms with Crippen LogP contribution >= 0.6 is 0 Å². The van der Waals surface area contributed by atoms with Crippen molar-refractivity contribution in [1.82, 2.24) is 4.57 Å². The molecule has 4 rings (SSSR count). The van der Waals surface area contributed by atoms with E-state index in [0.29, 0.717) is 18.8 Å². The van der Waals surface area contributed by atoms with Gasteiger partial charge in [0, 0.05) is 35.6 Å². The quantitative estimate of drug-likeness (QED) is 0.546. The molecule has 0 radical (unpaired) electrons. The third-order valence-corrected chi connectivity index (χ3v) is 4.80. The minimum absolute atomic E-state index is 0.180. The molecule has 4 N–H and O–H groups in total. The molecule has 2 aromatic carbocycles. The number of benzene rings is 2. The van der Waals surface area contributed by atoms with E-state index in [9.17, 15) is 9.18 Å². The van der Waals surface area contributed by atoms with Gasteiger partial charge in [-0.2, -0.15) is 4.99 Å². The normalized spacial score (nSPS) is 15.4. The van der Waals surface area contributed by atoms with Gasteiger partial charge in [-0.05, 0) is 43.2 Å². The Kier molecular flexibility index (Phi) is 4.08. The number of carbonyl (C=O) groups is 1. The second kappa shape index (κ2) is 6.42. The maximum absolute atomic E-state index is 13.9. The van der Waals surface area contributed by atoms with Crippen LogP contribution < -0.4 is 11.5 Å². The number of hydrogen-bond acceptors (Lipinski definition) is 2. The van der Waals surface area contributed by atoms with Gasteiger partial charge in [0.05, 0.1) is 11.0 Å². The van der Waals surface area contributed by atoms with Crippen molar-refractivity contribution in [3.63, 3.8) is 0 Å². The Hall–Kier alpha value is -2.93. The molecule has 6 nitrogen and oxygen atoms in total. The molecule has 7 heteroatoms. The van der Waals surface area contributed by atoms with Crippen LogP contribution in [0.1, 0.15) is 29.2 Å². The fourth-order valence-electron chi connectivity index (χ4n) is 3.67. The number of rotatable bonds is 2. The van der Waals surface area contributed by atoms with Crippen molar-refractivity contribution < 1.29 is 13.9 Å².